The van der Waals surface area contributed by atoms with Crippen LogP contribution in [0, 0.1) is 13.8 Å². The summed E-state index contributed by atoms with van der Waals surface area (Å²) in [6, 6.07) is 3.75. The summed E-state index contributed by atoms with van der Waals surface area (Å²) in [6.07, 6.45) is 0.613. The minimum Gasteiger partial charge on any atom is -0.399 e. The second-order valence-electron chi connectivity index (χ2n) is 4.77. The van der Waals surface area contributed by atoms with Gasteiger partial charge in [-0.25, -0.2) is 0 Å². The first-order valence-corrected chi connectivity index (χ1v) is 6.07. The SMILES string of the molecule is CCC(C)(OC)C(=O)Nc1cc(C)c(N)cc1C. The van der Waals surface area contributed by atoms with E-state index in [0.717, 1.165) is 22.5 Å². The lowest BCUT2D eigenvalue weighted by Crippen LogP contribution is -2.41. The van der Waals surface area contributed by atoms with Gasteiger partial charge in [0.2, 0.25) is 0 Å². The van der Waals surface area contributed by atoms with Gasteiger partial charge in [-0.05, 0) is 50.5 Å². The molecule has 1 atom stereocenters. The van der Waals surface area contributed by atoms with Crippen molar-refractivity contribution >= 4 is 17.3 Å². The topological polar surface area (TPSA) is 64.3 Å². The van der Waals surface area contributed by atoms with E-state index in [1.807, 2.05) is 32.9 Å². The van der Waals surface area contributed by atoms with E-state index in [4.69, 9.17) is 10.5 Å². The summed E-state index contributed by atoms with van der Waals surface area (Å²) in [7, 11) is 1.55. The molecule has 4 heteroatoms. The van der Waals surface area contributed by atoms with Crippen LogP contribution in [0.25, 0.3) is 0 Å². The van der Waals surface area contributed by atoms with Crippen LogP contribution in [0.2, 0.25) is 0 Å². The number of carbonyl (C=O) groups excluding carboxylic acids is 1. The number of nitrogens with two attached hydrogens (primary N) is 1. The lowest BCUT2D eigenvalue weighted by molar-refractivity contribution is -0.136. The molecule has 0 saturated heterocycles. The Kier molecular flexibility index (Phi) is 4.35. The van der Waals surface area contributed by atoms with Gasteiger partial charge >= 0.3 is 0 Å². The third kappa shape index (κ3) is 2.82. The molecule has 0 aliphatic rings. The number of methoxy groups -OCH3 is 1. The van der Waals surface area contributed by atoms with Crippen LogP contribution in [-0.4, -0.2) is 18.6 Å². The highest BCUT2D eigenvalue weighted by atomic mass is 16.5. The first-order chi connectivity index (χ1) is 8.34. The molecule has 0 aliphatic carbocycles. The summed E-state index contributed by atoms with van der Waals surface area (Å²) in [5, 5.41) is 2.90. The number of hydrogen-bond acceptors (Lipinski definition) is 3. The molecule has 1 rings (SSSR count). The maximum Gasteiger partial charge on any atom is 0.256 e. The summed E-state index contributed by atoms with van der Waals surface area (Å²) >= 11 is 0. The molecule has 1 amide bonds. The van der Waals surface area contributed by atoms with Crippen molar-refractivity contribution in [1.29, 1.82) is 0 Å². The second-order valence-corrected chi connectivity index (χ2v) is 4.77. The predicted octanol–water partition coefficient (Wildman–Crippen LogP) is 2.64. The molecule has 0 spiro atoms. The Hall–Kier alpha value is -1.55. The van der Waals surface area contributed by atoms with Crippen LogP contribution in [0.3, 0.4) is 0 Å². The maximum atomic E-state index is 12.2. The van der Waals surface area contributed by atoms with E-state index in [2.05, 4.69) is 5.32 Å². The minimum atomic E-state index is -0.804. The number of carbonyl (C=O) groups is 1. The average molecular weight is 250 g/mol. The molecule has 0 aromatic heterocycles. The average Bonchev–Trinajstić information content (AvgIpc) is 2.34. The molecule has 1 aromatic rings. The highest BCUT2D eigenvalue weighted by Crippen LogP contribution is 2.24. The number of nitrogen functional groups attached to an aromatic ring is 1. The van der Waals surface area contributed by atoms with Crippen molar-refractivity contribution in [1.82, 2.24) is 0 Å². The Morgan fingerprint density at radius 2 is 2.00 bits per heavy atom. The van der Waals surface area contributed by atoms with Gasteiger partial charge in [-0.15, -0.1) is 0 Å². The zero-order chi connectivity index (χ0) is 13.9. The van der Waals surface area contributed by atoms with Crippen molar-refractivity contribution in [2.75, 3.05) is 18.2 Å². The van der Waals surface area contributed by atoms with Crippen LogP contribution in [0.5, 0.6) is 0 Å². The fourth-order valence-corrected chi connectivity index (χ4v) is 1.63. The molecule has 1 aromatic carbocycles. The number of aryl methyl sites for hydroxylation is 2. The van der Waals surface area contributed by atoms with Crippen LogP contribution in [-0.2, 0) is 9.53 Å². The molecule has 0 heterocycles. The van der Waals surface area contributed by atoms with Gasteiger partial charge in [0.15, 0.2) is 0 Å². The van der Waals surface area contributed by atoms with Gasteiger partial charge in [-0.3, -0.25) is 4.79 Å². The summed E-state index contributed by atoms with van der Waals surface area (Å²) in [5.74, 6) is -0.139. The van der Waals surface area contributed by atoms with E-state index in [1.54, 1.807) is 14.0 Å². The van der Waals surface area contributed by atoms with Crippen molar-refractivity contribution < 1.29 is 9.53 Å². The van der Waals surface area contributed by atoms with Crippen LogP contribution >= 0.6 is 0 Å². The number of amides is 1. The van der Waals surface area contributed by atoms with E-state index >= 15 is 0 Å². The fraction of sp³-hybridized carbons (Fsp3) is 0.500. The van der Waals surface area contributed by atoms with Crippen molar-refractivity contribution in [2.24, 2.45) is 0 Å². The lowest BCUT2D eigenvalue weighted by atomic mass is 10.0. The number of benzene rings is 1. The highest BCUT2D eigenvalue weighted by Gasteiger charge is 2.31. The van der Waals surface area contributed by atoms with E-state index in [-0.39, 0.29) is 5.91 Å². The van der Waals surface area contributed by atoms with Crippen molar-refractivity contribution in [3.05, 3.63) is 23.3 Å². The van der Waals surface area contributed by atoms with Gasteiger partial charge in [0, 0.05) is 18.5 Å². The molecule has 18 heavy (non-hydrogen) atoms. The van der Waals surface area contributed by atoms with E-state index in [9.17, 15) is 4.79 Å². The summed E-state index contributed by atoms with van der Waals surface area (Å²) < 4.78 is 5.28. The third-order valence-corrected chi connectivity index (χ3v) is 3.47. The number of nitrogens with one attached hydrogen (secondary N) is 1. The first kappa shape index (κ1) is 14.5. The number of rotatable bonds is 4. The minimum absolute atomic E-state index is 0.139. The standard InChI is InChI=1S/C14H22N2O2/c1-6-14(4,18-5)13(17)16-12-8-9(2)11(15)7-10(12)3/h7-8H,6,15H2,1-5H3,(H,16,17). The molecule has 3 N–H and O–H groups in total. The smallest absolute Gasteiger partial charge is 0.256 e. The van der Waals surface area contributed by atoms with Gasteiger partial charge in [-0.1, -0.05) is 6.92 Å². The molecular weight excluding hydrogens is 228 g/mol. The number of ether oxygens (including phenoxy) is 1. The molecular formula is C14H22N2O2. The van der Waals surface area contributed by atoms with Crippen LogP contribution in [0.4, 0.5) is 11.4 Å². The number of hydrogen-bond donors (Lipinski definition) is 2. The van der Waals surface area contributed by atoms with Gasteiger partial charge in [0.1, 0.15) is 5.60 Å². The monoisotopic (exact) mass is 250 g/mol. The molecule has 0 aliphatic heterocycles. The highest BCUT2D eigenvalue weighted by molar-refractivity contribution is 5.97. The van der Waals surface area contributed by atoms with Gasteiger partial charge in [-0.2, -0.15) is 0 Å². The second kappa shape index (κ2) is 5.40. The normalized spacial score (nSPS) is 14.1. The van der Waals surface area contributed by atoms with Crippen molar-refractivity contribution in [3.63, 3.8) is 0 Å². The Morgan fingerprint density at radius 1 is 1.39 bits per heavy atom. The third-order valence-electron chi connectivity index (χ3n) is 3.47. The first-order valence-electron chi connectivity index (χ1n) is 6.07. The molecule has 0 saturated carbocycles. The molecule has 0 bridgehead atoms. The van der Waals surface area contributed by atoms with Crippen molar-refractivity contribution in [2.45, 2.75) is 39.7 Å². The van der Waals surface area contributed by atoms with E-state index in [0.29, 0.717) is 6.42 Å². The quantitative estimate of drug-likeness (QED) is 0.807. The molecule has 0 fully saturated rings. The van der Waals surface area contributed by atoms with Crippen molar-refractivity contribution in [3.8, 4) is 0 Å². The zero-order valence-corrected chi connectivity index (χ0v) is 11.8. The largest absolute Gasteiger partial charge is 0.399 e. The Balaban J connectivity index is 2.98. The lowest BCUT2D eigenvalue weighted by Gasteiger charge is -2.25. The Labute approximate surface area is 109 Å². The molecule has 100 valence electrons. The number of anilines is 2. The van der Waals surface area contributed by atoms with Crippen LogP contribution < -0.4 is 11.1 Å². The maximum absolute atomic E-state index is 12.2. The Morgan fingerprint density at radius 3 is 2.50 bits per heavy atom. The predicted molar refractivity (Wildman–Crippen MR) is 74.7 cm³/mol. The zero-order valence-electron chi connectivity index (χ0n) is 11.8. The summed E-state index contributed by atoms with van der Waals surface area (Å²) in [6.45, 7) is 7.53. The summed E-state index contributed by atoms with van der Waals surface area (Å²) in [4.78, 5) is 12.2. The molecule has 1 unspecified atom stereocenters. The van der Waals surface area contributed by atoms with E-state index in [1.165, 1.54) is 0 Å². The fourth-order valence-electron chi connectivity index (χ4n) is 1.63. The van der Waals surface area contributed by atoms with Crippen LogP contribution in [0.1, 0.15) is 31.4 Å². The molecule has 4 nitrogen and oxygen atoms in total. The van der Waals surface area contributed by atoms with Gasteiger partial charge in [0.25, 0.3) is 5.91 Å². The summed E-state index contributed by atoms with van der Waals surface area (Å²) in [5.41, 5.74) is 8.43. The Bertz CT molecular complexity index is 451. The van der Waals surface area contributed by atoms with E-state index < -0.39 is 5.60 Å². The molecule has 0 radical (unpaired) electrons. The van der Waals surface area contributed by atoms with Crippen LogP contribution in [0.15, 0.2) is 12.1 Å². The van der Waals surface area contributed by atoms with Gasteiger partial charge in [0.05, 0.1) is 0 Å². The van der Waals surface area contributed by atoms with Gasteiger partial charge < -0.3 is 15.8 Å².